The molecule has 0 unspecified atom stereocenters. The highest BCUT2D eigenvalue weighted by Crippen LogP contribution is 2.30. The van der Waals surface area contributed by atoms with Crippen LogP contribution < -0.4 is 9.80 Å². The summed E-state index contributed by atoms with van der Waals surface area (Å²) in [7, 11) is 0. The van der Waals surface area contributed by atoms with E-state index in [2.05, 4.69) is 65.3 Å². The summed E-state index contributed by atoms with van der Waals surface area (Å²) in [6.45, 7) is 8.83. The summed E-state index contributed by atoms with van der Waals surface area (Å²) in [6.07, 6.45) is 0.491. The summed E-state index contributed by atoms with van der Waals surface area (Å²) < 4.78 is 5.50. The number of anilines is 2. The topological polar surface area (TPSA) is 36.0 Å². The molecule has 28 heavy (non-hydrogen) atoms. The average Bonchev–Trinajstić information content (AvgIpc) is 2.76. The molecule has 0 aliphatic carbocycles. The van der Waals surface area contributed by atoms with Crippen LogP contribution in [0.3, 0.4) is 0 Å². The van der Waals surface area contributed by atoms with Crippen LogP contribution in [-0.2, 0) is 16.0 Å². The predicted octanol–water partition coefficient (Wildman–Crippen LogP) is 2.72. The maximum absolute atomic E-state index is 12.7. The zero-order chi connectivity index (χ0) is 19.3. The van der Waals surface area contributed by atoms with Gasteiger partial charge in [0.15, 0.2) is 0 Å². The van der Waals surface area contributed by atoms with E-state index in [0.29, 0.717) is 6.42 Å². The second-order valence-electron chi connectivity index (χ2n) is 7.62. The number of piperazine rings is 1. The van der Waals surface area contributed by atoms with Gasteiger partial charge >= 0.3 is 0 Å². The SMILES string of the molecule is Cc1ccc(CC(=O)N2CCN(c3ccccc3N3CCOCC3)CC2)cc1. The van der Waals surface area contributed by atoms with E-state index < -0.39 is 0 Å². The number of amides is 1. The van der Waals surface area contributed by atoms with Crippen molar-refractivity contribution in [2.75, 3.05) is 62.3 Å². The maximum Gasteiger partial charge on any atom is 0.227 e. The number of carbonyl (C=O) groups is 1. The Morgan fingerprint density at radius 2 is 1.39 bits per heavy atom. The molecule has 0 N–H and O–H groups in total. The lowest BCUT2D eigenvalue weighted by Crippen LogP contribution is -2.49. The van der Waals surface area contributed by atoms with E-state index in [-0.39, 0.29) is 5.91 Å². The van der Waals surface area contributed by atoms with Crippen LogP contribution in [0.25, 0.3) is 0 Å². The molecule has 0 radical (unpaired) electrons. The van der Waals surface area contributed by atoms with Gasteiger partial charge in [-0.25, -0.2) is 0 Å². The molecule has 0 bridgehead atoms. The van der Waals surface area contributed by atoms with E-state index in [0.717, 1.165) is 58.0 Å². The van der Waals surface area contributed by atoms with Gasteiger partial charge in [0, 0.05) is 39.3 Å². The number of aryl methyl sites for hydroxylation is 1. The lowest BCUT2D eigenvalue weighted by atomic mass is 10.1. The fraction of sp³-hybridized carbons (Fsp3) is 0.435. The van der Waals surface area contributed by atoms with Crippen LogP contribution in [0.1, 0.15) is 11.1 Å². The van der Waals surface area contributed by atoms with E-state index in [1.165, 1.54) is 16.9 Å². The van der Waals surface area contributed by atoms with Crippen molar-refractivity contribution < 1.29 is 9.53 Å². The third kappa shape index (κ3) is 4.30. The zero-order valence-electron chi connectivity index (χ0n) is 16.6. The van der Waals surface area contributed by atoms with Gasteiger partial charge in [0.25, 0.3) is 0 Å². The lowest BCUT2D eigenvalue weighted by Gasteiger charge is -2.39. The maximum atomic E-state index is 12.7. The minimum Gasteiger partial charge on any atom is -0.378 e. The number of carbonyl (C=O) groups excluding carboxylic acids is 1. The third-order valence-corrected chi connectivity index (χ3v) is 5.68. The summed E-state index contributed by atoms with van der Waals surface area (Å²) in [4.78, 5) is 19.5. The van der Waals surface area contributed by atoms with Crippen LogP contribution in [0.15, 0.2) is 48.5 Å². The van der Waals surface area contributed by atoms with Gasteiger partial charge in [0.1, 0.15) is 0 Å². The van der Waals surface area contributed by atoms with Gasteiger partial charge in [-0.3, -0.25) is 4.79 Å². The van der Waals surface area contributed by atoms with Gasteiger partial charge in [0.05, 0.1) is 31.0 Å². The number of morpholine rings is 1. The van der Waals surface area contributed by atoms with E-state index >= 15 is 0 Å². The Bertz CT molecular complexity index is 792. The van der Waals surface area contributed by atoms with Gasteiger partial charge < -0.3 is 19.4 Å². The normalized spacial score (nSPS) is 17.7. The highest BCUT2D eigenvalue weighted by Gasteiger charge is 2.24. The molecular formula is C23H29N3O2. The van der Waals surface area contributed by atoms with Gasteiger partial charge in [-0.05, 0) is 24.6 Å². The molecular weight excluding hydrogens is 350 g/mol. The molecule has 0 atom stereocenters. The van der Waals surface area contributed by atoms with Crippen LogP contribution in [0, 0.1) is 6.92 Å². The van der Waals surface area contributed by atoms with Gasteiger partial charge in [-0.1, -0.05) is 42.0 Å². The first-order chi connectivity index (χ1) is 13.7. The molecule has 2 aliphatic heterocycles. The zero-order valence-corrected chi connectivity index (χ0v) is 16.6. The molecule has 5 nitrogen and oxygen atoms in total. The number of nitrogens with zero attached hydrogens (tertiary/aromatic N) is 3. The van der Waals surface area contributed by atoms with Crippen molar-refractivity contribution in [3.05, 3.63) is 59.7 Å². The predicted molar refractivity (Wildman–Crippen MR) is 113 cm³/mol. The third-order valence-electron chi connectivity index (χ3n) is 5.68. The van der Waals surface area contributed by atoms with Crippen LogP contribution >= 0.6 is 0 Å². The Morgan fingerprint density at radius 3 is 2.00 bits per heavy atom. The molecule has 2 aromatic carbocycles. The first-order valence-corrected chi connectivity index (χ1v) is 10.2. The highest BCUT2D eigenvalue weighted by atomic mass is 16.5. The number of ether oxygens (including phenoxy) is 1. The average molecular weight is 380 g/mol. The summed E-state index contributed by atoms with van der Waals surface area (Å²) in [5, 5.41) is 0. The first-order valence-electron chi connectivity index (χ1n) is 10.2. The Labute approximate surface area is 167 Å². The highest BCUT2D eigenvalue weighted by molar-refractivity contribution is 5.79. The molecule has 1 amide bonds. The fourth-order valence-electron chi connectivity index (χ4n) is 3.99. The largest absolute Gasteiger partial charge is 0.378 e. The van der Waals surface area contributed by atoms with Crippen molar-refractivity contribution in [3.63, 3.8) is 0 Å². The van der Waals surface area contributed by atoms with Crippen molar-refractivity contribution in [1.29, 1.82) is 0 Å². The quantitative estimate of drug-likeness (QED) is 0.818. The molecule has 0 saturated carbocycles. The van der Waals surface area contributed by atoms with Crippen molar-refractivity contribution >= 4 is 17.3 Å². The summed E-state index contributed by atoms with van der Waals surface area (Å²) in [5.74, 6) is 0.227. The second kappa shape index (κ2) is 8.65. The molecule has 2 fully saturated rings. The molecule has 2 aliphatic rings. The Kier molecular flexibility index (Phi) is 5.81. The summed E-state index contributed by atoms with van der Waals surface area (Å²) >= 11 is 0. The Hall–Kier alpha value is -2.53. The van der Waals surface area contributed by atoms with Crippen molar-refractivity contribution in [2.24, 2.45) is 0 Å². The smallest absolute Gasteiger partial charge is 0.227 e. The van der Waals surface area contributed by atoms with Crippen LogP contribution in [-0.4, -0.2) is 63.3 Å². The van der Waals surface area contributed by atoms with Crippen molar-refractivity contribution in [2.45, 2.75) is 13.3 Å². The summed E-state index contributed by atoms with van der Waals surface area (Å²) in [6, 6.07) is 16.9. The minimum absolute atomic E-state index is 0.227. The van der Waals surface area contributed by atoms with Crippen LogP contribution in [0.4, 0.5) is 11.4 Å². The van der Waals surface area contributed by atoms with Gasteiger partial charge in [-0.2, -0.15) is 0 Å². The number of para-hydroxylation sites is 2. The second-order valence-corrected chi connectivity index (χ2v) is 7.62. The molecule has 148 valence electrons. The molecule has 2 aromatic rings. The first kappa shape index (κ1) is 18.8. The molecule has 0 aromatic heterocycles. The molecule has 4 rings (SSSR count). The lowest BCUT2D eigenvalue weighted by molar-refractivity contribution is -0.130. The Balaban J connectivity index is 1.38. The number of rotatable bonds is 4. The van der Waals surface area contributed by atoms with E-state index in [4.69, 9.17) is 4.74 Å². The van der Waals surface area contributed by atoms with E-state index in [1.54, 1.807) is 0 Å². The Morgan fingerprint density at radius 1 is 0.821 bits per heavy atom. The molecule has 5 heteroatoms. The molecule has 0 spiro atoms. The molecule has 2 saturated heterocycles. The number of benzene rings is 2. The van der Waals surface area contributed by atoms with E-state index in [1.807, 2.05) is 4.90 Å². The van der Waals surface area contributed by atoms with Gasteiger partial charge in [-0.15, -0.1) is 0 Å². The van der Waals surface area contributed by atoms with Gasteiger partial charge in [0.2, 0.25) is 5.91 Å². The summed E-state index contributed by atoms with van der Waals surface area (Å²) in [5.41, 5.74) is 4.87. The number of hydrogen-bond donors (Lipinski definition) is 0. The standard InChI is InChI=1S/C23H29N3O2/c1-19-6-8-20(9-7-19)18-23(27)26-12-10-24(11-13-26)21-4-2-3-5-22(21)25-14-16-28-17-15-25/h2-9H,10-18H2,1H3. The van der Waals surface area contributed by atoms with E-state index in [9.17, 15) is 4.79 Å². The fourth-order valence-corrected chi connectivity index (χ4v) is 3.99. The minimum atomic E-state index is 0.227. The van der Waals surface area contributed by atoms with Crippen molar-refractivity contribution in [3.8, 4) is 0 Å². The van der Waals surface area contributed by atoms with Crippen LogP contribution in [0.2, 0.25) is 0 Å². The monoisotopic (exact) mass is 379 g/mol. The molecule has 2 heterocycles. The number of hydrogen-bond acceptors (Lipinski definition) is 4. The van der Waals surface area contributed by atoms with Crippen molar-refractivity contribution in [1.82, 2.24) is 4.90 Å². The van der Waals surface area contributed by atoms with Crippen LogP contribution in [0.5, 0.6) is 0 Å².